The zero-order chi connectivity index (χ0) is 20.5. The average molecular weight is 409 g/mol. The van der Waals surface area contributed by atoms with Gasteiger partial charge in [-0.2, -0.15) is 16.9 Å². The van der Waals surface area contributed by atoms with Crippen LogP contribution < -0.4 is 5.32 Å². The van der Waals surface area contributed by atoms with Crippen molar-refractivity contribution in [2.75, 3.05) is 18.6 Å². The van der Waals surface area contributed by atoms with Gasteiger partial charge in [-0.25, -0.2) is 4.79 Å². The topological polar surface area (TPSA) is 76.5 Å². The van der Waals surface area contributed by atoms with Gasteiger partial charge in [-0.1, -0.05) is 0 Å². The van der Waals surface area contributed by atoms with Gasteiger partial charge in [-0.3, -0.25) is 9.48 Å². The molecule has 28 heavy (non-hydrogen) atoms. The first-order chi connectivity index (χ1) is 13.1. The Kier molecular flexibility index (Phi) is 5.98. The lowest BCUT2D eigenvalue weighted by atomic mass is 10.0. The standard InChI is InChI=1S/C20H32N4O3S/c1-19(2,3)27-18(26)24-9-6-16-14(12-24)15(22-23(16)4)11-21-17(25)10-20(7-8-20)13-28-5/h6-13H2,1-5H3,(H,21,25). The smallest absolute Gasteiger partial charge is 0.410 e. The van der Waals surface area contributed by atoms with Gasteiger partial charge in [0.15, 0.2) is 0 Å². The number of thioether (sulfide) groups is 1. The molecular weight excluding hydrogens is 376 g/mol. The molecule has 0 aromatic carbocycles. The third kappa shape index (κ3) is 5.01. The van der Waals surface area contributed by atoms with E-state index in [1.807, 2.05) is 44.3 Å². The zero-order valence-corrected chi connectivity index (χ0v) is 18.4. The molecule has 0 saturated heterocycles. The van der Waals surface area contributed by atoms with Crippen molar-refractivity contribution in [3.63, 3.8) is 0 Å². The van der Waals surface area contributed by atoms with Gasteiger partial charge in [-0.15, -0.1) is 0 Å². The third-order valence-electron chi connectivity index (χ3n) is 5.37. The van der Waals surface area contributed by atoms with Crippen LogP contribution in [0.15, 0.2) is 0 Å². The van der Waals surface area contributed by atoms with Gasteiger partial charge in [-0.05, 0) is 51.0 Å². The fourth-order valence-electron chi connectivity index (χ4n) is 3.73. The molecule has 1 saturated carbocycles. The molecule has 1 aromatic rings. The summed E-state index contributed by atoms with van der Waals surface area (Å²) in [4.78, 5) is 26.6. The first kappa shape index (κ1) is 21.0. The second kappa shape index (κ2) is 7.97. The molecule has 0 radical (unpaired) electrons. The predicted octanol–water partition coefficient (Wildman–Crippen LogP) is 2.86. The molecule has 2 heterocycles. The van der Waals surface area contributed by atoms with E-state index >= 15 is 0 Å². The molecule has 7 nitrogen and oxygen atoms in total. The van der Waals surface area contributed by atoms with Crippen molar-refractivity contribution >= 4 is 23.8 Å². The number of carbonyl (C=O) groups is 2. The van der Waals surface area contributed by atoms with E-state index in [1.54, 1.807) is 4.90 Å². The molecule has 2 amide bonds. The summed E-state index contributed by atoms with van der Waals surface area (Å²) in [6.45, 7) is 7.10. The summed E-state index contributed by atoms with van der Waals surface area (Å²) in [6.07, 6.45) is 5.41. The van der Waals surface area contributed by atoms with Crippen LogP contribution in [-0.2, 0) is 36.1 Å². The second-order valence-electron chi connectivity index (χ2n) is 9.03. The molecule has 0 unspecified atom stereocenters. The van der Waals surface area contributed by atoms with Crippen LogP contribution in [0.2, 0.25) is 0 Å². The lowest BCUT2D eigenvalue weighted by Gasteiger charge is -2.30. The number of nitrogens with one attached hydrogen (secondary N) is 1. The van der Waals surface area contributed by atoms with Crippen molar-refractivity contribution in [1.82, 2.24) is 20.0 Å². The number of fused-ring (bicyclic) bond motifs is 1. The number of nitrogens with zero attached hydrogens (tertiary/aromatic N) is 3. The van der Waals surface area contributed by atoms with Crippen molar-refractivity contribution < 1.29 is 14.3 Å². The van der Waals surface area contributed by atoms with E-state index in [1.165, 1.54) is 0 Å². The Bertz CT molecular complexity index is 749. The molecule has 8 heteroatoms. The van der Waals surface area contributed by atoms with Gasteiger partial charge in [0, 0.05) is 37.7 Å². The van der Waals surface area contributed by atoms with Gasteiger partial charge in [0.05, 0.1) is 18.8 Å². The number of hydrogen-bond donors (Lipinski definition) is 1. The number of ether oxygens (including phenoxy) is 1. The fraction of sp³-hybridized carbons (Fsp3) is 0.750. The van der Waals surface area contributed by atoms with Crippen LogP contribution in [0.4, 0.5) is 4.79 Å². The summed E-state index contributed by atoms with van der Waals surface area (Å²) in [5, 5.41) is 7.64. The third-order valence-corrected chi connectivity index (χ3v) is 6.27. The predicted molar refractivity (Wildman–Crippen MR) is 110 cm³/mol. The Balaban J connectivity index is 1.62. The summed E-state index contributed by atoms with van der Waals surface area (Å²) >= 11 is 1.81. The van der Waals surface area contributed by atoms with E-state index in [2.05, 4.69) is 16.7 Å². The maximum Gasteiger partial charge on any atom is 0.410 e. The van der Waals surface area contributed by atoms with Gasteiger partial charge in [0.1, 0.15) is 5.60 Å². The number of rotatable bonds is 6. The first-order valence-electron chi connectivity index (χ1n) is 9.90. The Morgan fingerprint density at radius 2 is 2.04 bits per heavy atom. The molecule has 156 valence electrons. The highest BCUT2D eigenvalue weighted by atomic mass is 32.2. The molecule has 0 spiro atoms. The van der Waals surface area contributed by atoms with E-state index in [4.69, 9.17) is 4.74 Å². The van der Waals surface area contributed by atoms with E-state index < -0.39 is 5.60 Å². The van der Waals surface area contributed by atoms with E-state index in [9.17, 15) is 9.59 Å². The Labute approximate surface area is 171 Å². The maximum absolute atomic E-state index is 12.4. The molecule has 1 N–H and O–H groups in total. The normalized spacial score (nSPS) is 17.8. The van der Waals surface area contributed by atoms with E-state index in [-0.39, 0.29) is 17.4 Å². The minimum Gasteiger partial charge on any atom is -0.444 e. The molecule has 1 aliphatic heterocycles. The zero-order valence-electron chi connectivity index (χ0n) is 17.6. The van der Waals surface area contributed by atoms with Crippen LogP contribution in [0, 0.1) is 5.41 Å². The Morgan fingerprint density at radius 1 is 1.32 bits per heavy atom. The van der Waals surface area contributed by atoms with Crippen molar-refractivity contribution in [1.29, 1.82) is 0 Å². The summed E-state index contributed by atoms with van der Waals surface area (Å²) < 4.78 is 7.38. The molecule has 3 rings (SSSR count). The minimum absolute atomic E-state index is 0.0887. The Hall–Kier alpha value is -1.70. The Morgan fingerprint density at radius 3 is 2.64 bits per heavy atom. The minimum atomic E-state index is -0.515. The van der Waals surface area contributed by atoms with Gasteiger partial charge in [0.2, 0.25) is 5.91 Å². The van der Waals surface area contributed by atoms with Crippen molar-refractivity contribution in [2.45, 2.75) is 65.1 Å². The number of aryl methyl sites for hydroxylation is 1. The van der Waals surface area contributed by atoms with Crippen LogP contribution in [0.5, 0.6) is 0 Å². The highest BCUT2D eigenvalue weighted by Gasteiger charge is 2.43. The number of amides is 2. The molecule has 0 bridgehead atoms. The molecule has 1 aromatic heterocycles. The van der Waals surface area contributed by atoms with Crippen LogP contribution in [-0.4, -0.2) is 50.8 Å². The molecule has 1 aliphatic carbocycles. The lowest BCUT2D eigenvalue weighted by molar-refractivity contribution is -0.122. The fourth-order valence-corrected chi connectivity index (χ4v) is 4.74. The van der Waals surface area contributed by atoms with Gasteiger partial charge < -0.3 is 15.0 Å². The molecule has 2 aliphatic rings. The summed E-state index contributed by atoms with van der Waals surface area (Å²) in [5.41, 5.74) is 2.70. The summed E-state index contributed by atoms with van der Waals surface area (Å²) in [5.74, 6) is 1.13. The van der Waals surface area contributed by atoms with Gasteiger partial charge in [0.25, 0.3) is 0 Å². The van der Waals surface area contributed by atoms with E-state index in [0.29, 0.717) is 26.1 Å². The monoisotopic (exact) mass is 408 g/mol. The summed E-state index contributed by atoms with van der Waals surface area (Å²) in [7, 11) is 1.92. The van der Waals surface area contributed by atoms with Crippen LogP contribution in [0.3, 0.4) is 0 Å². The largest absolute Gasteiger partial charge is 0.444 e. The van der Waals surface area contributed by atoms with E-state index in [0.717, 1.165) is 42.0 Å². The first-order valence-corrected chi connectivity index (χ1v) is 11.3. The highest BCUT2D eigenvalue weighted by molar-refractivity contribution is 7.98. The van der Waals surface area contributed by atoms with Crippen molar-refractivity contribution in [3.05, 3.63) is 17.0 Å². The lowest BCUT2D eigenvalue weighted by Crippen LogP contribution is -2.40. The molecule has 0 atom stereocenters. The van der Waals surface area contributed by atoms with Gasteiger partial charge >= 0.3 is 6.09 Å². The highest BCUT2D eigenvalue weighted by Crippen LogP contribution is 2.50. The summed E-state index contributed by atoms with van der Waals surface area (Å²) in [6, 6.07) is 0. The van der Waals surface area contributed by atoms with Crippen LogP contribution >= 0.6 is 11.8 Å². The maximum atomic E-state index is 12.4. The number of carbonyl (C=O) groups excluding carboxylic acids is 2. The second-order valence-corrected chi connectivity index (χ2v) is 9.90. The number of hydrogen-bond acceptors (Lipinski definition) is 5. The number of aromatic nitrogens is 2. The molecule has 1 fully saturated rings. The van der Waals surface area contributed by atoms with Crippen LogP contribution in [0.1, 0.15) is 57.0 Å². The van der Waals surface area contributed by atoms with Crippen molar-refractivity contribution in [3.8, 4) is 0 Å². The molecular formula is C20H32N4O3S. The van der Waals surface area contributed by atoms with Crippen LogP contribution in [0.25, 0.3) is 0 Å². The SMILES string of the molecule is CSCC1(CC(=O)NCc2nn(C)c3c2CN(C(=O)OC(C)(C)C)CC3)CC1. The van der Waals surface area contributed by atoms with Crippen molar-refractivity contribution in [2.24, 2.45) is 12.5 Å². The quantitative estimate of drug-likeness (QED) is 0.783. The average Bonchev–Trinajstić information content (AvgIpc) is 3.27.